The summed E-state index contributed by atoms with van der Waals surface area (Å²) in [5.41, 5.74) is 0. The van der Waals surface area contributed by atoms with Gasteiger partial charge in [-0.2, -0.15) is 0 Å². The van der Waals surface area contributed by atoms with Crippen LogP contribution < -0.4 is 0 Å². The predicted molar refractivity (Wildman–Crippen MR) is 146 cm³/mol. The lowest BCUT2D eigenvalue weighted by molar-refractivity contribution is -0.870. The number of carbonyl (C=O) groups excluding carboxylic acids is 2. The molecule has 0 aliphatic heterocycles. The number of phosphoric acid groups is 1. The van der Waals surface area contributed by atoms with Gasteiger partial charge in [0.2, 0.25) is 0 Å². The standard InChI is InChI=1S/C27H54NO8P/c1-5-6-7-8-9-10-11-12-13-14-15-16-17-18-19-20-27(30)33-23-26(34-25-29)24-36-37(31,32)35-22-21-28(2,3)4/h25-26H,5-24H2,1-4H3/p+1/t26-/m1/s1. The van der Waals surface area contributed by atoms with Crippen molar-refractivity contribution in [2.75, 3.05) is 47.5 Å². The van der Waals surface area contributed by atoms with Crippen LogP contribution in [0.25, 0.3) is 0 Å². The molecule has 0 fully saturated rings. The Morgan fingerprint density at radius 2 is 1.30 bits per heavy atom. The molecule has 0 spiro atoms. The number of quaternary nitrogens is 1. The van der Waals surface area contributed by atoms with E-state index >= 15 is 0 Å². The highest BCUT2D eigenvalue weighted by Gasteiger charge is 2.25. The molecule has 0 aliphatic rings. The second kappa shape index (κ2) is 22.9. The first-order valence-corrected chi connectivity index (χ1v) is 15.8. The van der Waals surface area contributed by atoms with E-state index in [9.17, 15) is 19.0 Å². The minimum absolute atomic E-state index is 0.0325. The summed E-state index contributed by atoms with van der Waals surface area (Å²) < 4.78 is 32.3. The fourth-order valence-electron chi connectivity index (χ4n) is 3.75. The Kier molecular flexibility index (Phi) is 22.3. The van der Waals surface area contributed by atoms with E-state index in [1.165, 1.54) is 77.0 Å². The molecule has 0 aromatic rings. The van der Waals surface area contributed by atoms with Crippen molar-refractivity contribution in [2.24, 2.45) is 0 Å². The number of esters is 1. The van der Waals surface area contributed by atoms with Gasteiger partial charge in [0.25, 0.3) is 6.47 Å². The number of nitrogens with zero attached hydrogens (tertiary/aromatic N) is 1. The Morgan fingerprint density at radius 3 is 1.76 bits per heavy atom. The van der Waals surface area contributed by atoms with Crippen molar-refractivity contribution in [3.8, 4) is 0 Å². The average molecular weight is 553 g/mol. The van der Waals surface area contributed by atoms with Gasteiger partial charge in [0.1, 0.15) is 19.8 Å². The number of phosphoric ester groups is 1. The van der Waals surface area contributed by atoms with Crippen molar-refractivity contribution in [3.63, 3.8) is 0 Å². The summed E-state index contributed by atoms with van der Waals surface area (Å²) in [5, 5.41) is 0. The van der Waals surface area contributed by atoms with Crippen LogP contribution in [0.2, 0.25) is 0 Å². The lowest BCUT2D eigenvalue weighted by Crippen LogP contribution is -2.37. The maximum Gasteiger partial charge on any atom is 0.472 e. The largest absolute Gasteiger partial charge is 0.472 e. The van der Waals surface area contributed by atoms with Crippen LogP contribution in [0.5, 0.6) is 0 Å². The van der Waals surface area contributed by atoms with E-state index in [1.54, 1.807) is 0 Å². The molecule has 0 bridgehead atoms. The third-order valence-corrected chi connectivity index (χ3v) is 7.09. The molecule has 0 radical (unpaired) electrons. The molecule has 0 aromatic heterocycles. The zero-order valence-corrected chi connectivity index (χ0v) is 24.9. The molecule has 2 atom stereocenters. The fourth-order valence-corrected chi connectivity index (χ4v) is 4.49. The van der Waals surface area contributed by atoms with Crippen LogP contribution in [-0.4, -0.2) is 75.4 Å². The third kappa shape index (κ3) is 26.4. The molecule has 0 saturated carbocycles. The zero-order valence-electron chi connectivity index (χ0n) is 24.0. The van der Waals surface area contributed by atoms with Gasteiger partial charge < -0.3 is 18.9 Å². The molecule has 0 aromatic carbocycles. The summed E-state index contributed by atoms with van der Waals surface area (Å²) in [4.78, 5) is 32.5. The van der Waals surface area contributed by atoms with E-state index in [-0.39, 0.29) is 25.7 Å². The van der Waals surface area contributed by atoms with Gasteiger partial charge in [-0.15, -0.1) is 0 Å². The quantitative estimate of drug-likeness (QED) is 0.0424. The molecular weight excluding hydrogens is 497 g/mol. The Morgan fingerprint density at radius 1 is 0.811 bits per heavy atom. The summed E-state index contributed by atoms with van der Waals surface area (Å²) in [6.07, 6.45) is 18.1. The fraction of sp³-hybridized carbons (Fsp3) is 0.926. The first-order valence-electron chi connectivity index (χ1n) is 14.3. The molecule has 0 saturated heterocycles. The number of likely N-dealkylation sites (N-methyl/N-ethyl adjacent to an activating group) is 1. The van der Waals surface area contributed by atoms with E-state index in [0.717, 1.165) is 19.3 Å². The highest BCUT2D eigenvalue weighted by molar-refractivity contribution is 7.47. The molecular formula is C27H55NO8P+. The minimum Gasteiger partial charge on any atom is -0.462 e. The normalized spacial score (nSPS) is 14.2. The number of rotatable bonds is 27. The summed E-state index contributed by atoms with van der Waals surface area (Å²) in [7, 11) is 1.48. The van der Waals surface area contributed by atoms with Crippen LogP contribution >= 0.6 is 7.82 Å². The Hall–Kier alpha value is -0.990. The summed E-state index contributed by atoms with van der Waals surface area (Å²) in [5.74, 6) is -0.388. The molecule has 1 N–H and O–H groups in total. The van der Waals surface area contributed by atoms with Crippen molar-refractivity contribution >= 4 is 20.3 Å². The molecule has 0 amide bonds. The molecule has 0 heterocycles. The molecule has 0 rings (SSSR count). The Labute approximate surface area is 225 Å². The van der Waals surface area contributed by atoms with E-state index < -0.39 is 20.5 Å². The summed E-state index contributed by atoms with van der Waals surface area (Å²) in [6.45, 7) is 2.34. The second-order valence-corrected chi connectivity index (χ2v) is 12.3. The zero-order chi connectivity index (χ0) is 27.8. The molecule has 220 valence electrons. The van der Waals surface area contributed by atoms with Crippen LogP contribution in [0.4, 0.5) is 0 Å². The molecule has 10 heteroatoms. The van der Waals surface area contributed by atoms with Gasteiger partial charge in [0.15, 0.2) is 6.10 Å². The highest BCUT2D eigenvalue weighted by atomic mass is 31.2. The predicted octanol–water partition coefficient (Wildman–Crippen LogP) is 6.17. The average Bonchev–Trinajstić information content (AvgIpc) is 2.82. The van der Waals surface area contributed by atoms with Gasteiger partial charge in [-0.3, -0.25) is 18.6 Å². The first-order chi connectivity index (χ1) is 17.6. The van der Waals surface area contributed by atoms with Gasteiger partial charge in [0, 0.05) is 6.42 Å². The lowest BCUT2D eigenvalue weighted by atomic mass is 10.0. The SMILES string of the molecule is CCCCCCCCCCCCCCCCCC(=O)OC[C@H](COP(=O)(O)OCC[N+](C)(C)C)OC=O. The van der Waals surface area contributed by atoms with Gasteiger partial charge in [-0.25, -0.2) is 4.57 Å². The highest BCUT2D eigenvalue weighted by Crippen LogP contribution is 2.43. The van der Waals surface area contributed by atoms with Crippen LogP contribution in [0.3, 0.4) is 0 Å². The van der Waals surface area contributed by atoms with E-state index in [1.807, 2.05) is 21.1 Å². The maximum atomic E-state index is 12.0. The van der Waals surface area contributed by atoms with Crippen molar-refractivity contribution in [3.05, 3.63) is 0 Å². The number of ether oxygens (including phenoxy) is 2. The van der Waals surface area contributed by atoms with Gasteiger partial charge in [-0.1, -0.05) is 96.8 Å². The molecule has 37 heavy (non-hydrogen) atoms. The van der Waals surface area contributed by atoms with Gasteiger partial charge >= 0.3 is 13.8 Å². The van der Waals surface area contributed by atoms with Crippen LogP contribution in [0, 0.1) is 0 Å². The monoisotopic (exact) mass is 552 g/mol. The minimum atomic E-state index is -4.30. The molecule has 0 aliphatic carbocycles. The lowest BCUT2D eigenvalue weighted by Gasteiger charge is -2.24. The number of unbranched alkanes of at least 4 members (excludes halogenated alkanes) is 14. The number of carbonyl (C=O) groups is 2. The van der Waals surface area contributed by atoms with Crippen molar-refractivity contribution in [1.29, 1.82) is 0 Å². The first kappa shape index (κ1) is 36.0. The Bertz CT molecular complexity index is 612. The number of hydrogen-bond acceptors (Lipinski definition) is 7. The topological polar surface area (TPSA) is 108 Å². The van der Waals surface area contributed by atoms with Crippen LogP contribution in [-0.2, 0) is 32.7 Å². The number of hydrogen-bond donors (Lipinski definition) is 1. The van der Waals surface area contributed by atoms with Crippen molar-refractivity contribution in [2.45, 2.75) is 116 Å². The molecule has 1 unspecified atom stereocenters. The van der Waals surface area contributed by atoms with E-state index in [4.69, 9.17) is 18.5 Å². The smallest absolute Gasteiger partial charge is 0.462 e. The summed E-state index contributed by atoms with van der Waals surface area (Å²) in [6, 6.07) is 0. The van der Waals surface area contributed by atoms with Gasteiger partial charge in [0.05, 0.1) is 27.7 Å². The summed E-state index contributed by atoms with van der Waals surface area (Å²) >= 11 is 0. The van der Waals surface area contributed by atoms with E-state index in [0.29, 0.717) is 17.4 Å². The Balaban J connectivity index is 3.76. The van der Waals surface area contributed by atoms with E-state index in [2.05, 4.69) is 6.92 Å². The van der Waals surface area contributed by atoms with Crippen LogP contribution in [0.1, 0.15) is 110 Å². The molecule has 9 nitrogen and oxygen atoms in total. The van der Waals surface area contributed by atoms with Crippen molar-refractivity contribution in [1.82, 2.24) is 0 Å². The van der Waals surface area contributed by atoms with Crippen molar-refractivity contribution < 1.29 is 42.1 Å². The third-order valence-electron chi connectivity index (χ3n) is 6.10. The van der Waals surface area contributed by atoms with Gasteiger partial charge in [-0.05, 0) is 6.42 Å². The van der Waals surface area contributed by atoms with Crippen LogP contribution in [0.15, 0.2) is 0 Å². The maximum absolute atomic E-state index is 12.0. The second-order valence-electron chi connectivity index (χ2n) is 10.8.